The average molecular weight is 1080 g/mol. The Balaban J connectivity index is 0.844. The minimum Gasteiger partial charge on any atom is -0.461 e. The zero-order chi connectivity index (χ0) is 56.7. The lowest BCUT2D eigenvalue weighted by atomic mass is 9.37. The van der Waals surface area contributed by atoms with E-state index in [4.69, 9.17) is 16.3 Å². The molecule has 15 unspecified atom stereocenters. The van der Waals surface area contributed by atoms with Gasteiger partial charge >= 0.3 is 0 Å². The highest BCUT2D eigenvalue weighted by atomic mass is 16.5. The first-order valence-corrected chi connectivity index (χ1v) is 32.5. The van der Waals surface area contributed by atoms with E-state index in [1.165, 1.54) is 67.3 Å². The normalized spacial score (nSPS) is 39.3. The third-order valence-electron chi connectivity index (χ3n) is 28.2. The van der Waals surface area contributed by atoms with E-state index in [0.29, 0.717) is 63.7 Å². The number of pyridine rings is 1. The van der Waals surface area contributed by atoms with Crippen LogP contribution in [-0.2, 0) is 17.6 Å². The van der Waals surface area contributed by atoms with Gasteiger partial charge in [-0.2, -0.15) is 0 Å². The van der Waals surface area contributed by atoms with Crippen LogP contribution in [-0.4, -0.2) is 19.1 Å². The van der Waals surface area contributed by atoms with Gasteiger partial charge < -0.3 is 9.64 Å². The maximum atomic E-state index is 10.8. The molecule has 422 valence electrons. The second-order valence-electron chi connectivity index (χ2n) is 34.4. The Bertz CT molecular complexity index is 3430. The third-order valence-corrected chi connectivity index (χ3v) is 28.2. The topological polar surface area (TPSA) is 53.5 Å². The van der Waals surface area contributed by atoms with E-state index in [1.54, 1.807) is 39.1 Å². The number of benzene rings is 2. The molecule has 15 atom stereocenters. The highest BCUT2D eigenvalue weighted by Gasteiger charge is 2.77. The molecular formula is C76H92N4O. The van der Waals surface area contributed by atoms with Crippen molar-refractivity contribution < 1.29 is 4.74 Å². The Labute approximate surface area is 486 Å². The number of aromatic nitrogens is 1. The minimum atomic E-state index is -0.472. The fraction of sp³-hybridized carbons (Fsp3) is 0.645. The molecule has 5 heteroatoms. The van der Waals surface area contributed by atoms with Crippen molar-refractivity contribution in [1.82, 2.24) is 4.98 Å². The standard InChI is InChI=1S/C76H92N4O/c1-70(2,3)76(71(4,5)6,64-42-33-47(64)45-22-27-52(79-53(45)34-42)38-18-20-44-39-28-37(29-39)30-40(44)31-38)55-35-41(54(36-77)78-15)32-43(81-55)19-21-46-56-62(67-60-50-25-23-48(72(50,7)8)58(60)65(56)74(67,11)12)69(80(16)17)63-57(46)66-59-49-24-26-51(73(49,9)10)61(59)68(63)75(66,13)14/h18-22,27,31-32,35,37,39,42,47-51,58-61,64-68H,23-26,28-30,33-34H2,1-14,16-17H3/b21-19+,54-41+. The molecule has 14 aliphatic rings. The number of hydrogen-bond acceptors (Lipinski definition) is 4. The first-order valence-electron chi connectivity index (χ1n) is 32.5. The van der Waals surface area contributed by atoms with Crippen molar-refractivity contribution in [2.24, 2.45) is 103 Å². The van der Waals surface area contributed by atoms with Gasteiger partial charge in [0.25, 0.3) is 5.70 Å². The fourth-order valence-electron chi connectivity index (χ4n) is 26.3. The van der Waals surface area contributed by atoms with Gasteiger partial charge in [0.15, 0.2) is 0 Å². The summed E-state index contributed by atoms with van der Waals surface area (Å²) >= 11 is 0. The Kier molecular flexibility index (Phi) is 10.2. The summed E-state index contributed by atoms with van der Waals surface area (Å²) < 4.78 is 7.78. The van der Waals surface area contributed by atoms with Crippen LogP contribution < -0.4 is 4.90 Å². The molecule has 8 fully saturated rings. The number of nitriles is 1. The van der Waals surface area contributed by atoms with Gasteiger partial charge in [-0.3, -0.25) is 4.98 Å². The van der Waals surface area contributed by atoms with Crippen molar-refractivity contribution in [3.05, 3.63) is 133 Å². The van der Waals surface area contributed by atoms with Crippen LogP contribution in [0.3, 0.4) is 0 Å². The molecular weight excluding hydrogens is 985 g/mol. The highest BCUT2D eigenvalue weighted by molar-refractivity contribution is 5.82. The van der Waals surface area contributed by atoms with Gasteiger partial charge in [-0.1, -0.05) is 121 Å². The third kappa shape index (κ3) is 6.03. The molecule has 1 aromatic heterocycles. The van der Waals surface area contributed by atoms with E-state index in [0.717, 1.165) is 77.4 Å². The van der Waals surface area contributed by atoms with Crippen molar-refractivity contribution in [2.75, 3.05) is 19.0 Å². The molecule has 0 amide bonds. The summed E-state index contributed by atoms with van der Waals surface area (Å²) in [7, 11) is 4.80. The monoisotopic (exact) mass is 1080 g/mol. The van der Waals surface area contributed by atoms with Crippen LogP contribution in [0.5, 0.6) is 0 Å². The van der Waals surface area contributed by atoms with Gasteiger partial charge in [0, 0.05) is 36.5 Å². The Morgan fingerprint density at radius 2 is 1.23 bits per heavy atom. The number of hydrogen-bond donors (Lipinski definition) is 0. The molecule has 3 aromatic rings. The lowest BCUT2D eigenvalue weighted by molar-refractivity contribution is -0.151. The molecule has 0 saturated heterocycles. The first kappa shape index (κ1) is 51.7. The fourth-order valence-corrected chi connectivity index (χ4v) is 26.3. The molecule has 2 heterocycles. The highest BCUT2D eigenvalue weighted by Crippen LogP contribution is 2.87. The van der Waals surface area contributed by atoms with E-state index in [1.807, 2.05) is 0 Å². The molecule has 2 aromatic carbocycles. The van der Waals surface area contributed by atoms with Crippen molar-refractivity contribution in [3.8, 4) is 17.3 Å². The second kappa shape index (κ2) is 15.9. The first-order chi connectivity index (χ1) is 38.2. The van der Waals surface area contributed by atoms with Crippen LogP contribution in [0.4, 0.5) is 5.69 Å². The lowest BCUT2D eigenvalue weighted by Crippen LogP contribution is -2.62. The van der Waals surface area contributed by atoms with E-state index in [-0.39, 0.29) is 33.3 Å². The van der Waals surface area contributed by atoms with Gasteiger partial charge in [0.1, 0.15) is 11.5 Å². The molecule has 17 rings (SSSR count). The van der Waals surface area contributed by atoms with Gasteiger partial charge in [-0.15, -0.1) is 0 Å². The van der Waals surface area contributed by atoms with Gasteiger partial charge in [-0.25, -0.2) is 10.1 Å². The van der Waals surface area contributed by atoms with Crippen LogP contribution >= 0.6 is 0 Å². The molecule has 0 radical (unpaired) electrons. The van der Waals surface area contributed by atoms with Crippen LogP contribution in [0.15, 0.2) is 71.3 Å². The summed E-state index contributed by atoms with van der Waals surface area (Å²) in [6.45, 7) is 44.5. The molecule has 1 aliphatic heterocycles. The SMILES string of the molecule is [C-]#[N+]/C(C#N)=C1C=C(/C=C/c2c3c(c(N(C)C)c4c2C2C5C(C6CCC5C6(C)C)C4C2(C)C)C2C4C(C5CCC4C5(C)C)C3C2(C)C)OC(C(C2C3Cc4nc(-c5ccc6c(c5)CC5CC6C5)ccc4C2C3)(C(C)(C)C)C(C)(C)C)=C\1. The maximum Gasteiger partial charge on any atom is 0.269 e. The van der Waals surface area contributed by atoms with Crippen LogP contribution in [0.2, 0.25) is 0 Å². The summed E-state index contributed by atoms with van der Waals surface area (Å²) in [6.07, 6.45) is 20.7. The zero-order valence-corrected chi connectivity index (χ0v) is 52.1. The van der Waals surface area contributed by atoms with Gasteiger partial charge in [0.05, 0.1) is 18.3 Å². The number of nitrogens with zero attached hydrogens (tertiary/aromatic N) is 4. The number of ether oxygens (including phenoxy) is 1. The predicted octanol–water partition coefficient (Wildman–Crippen LogP) is 18.5. The van der Waals surface area contributed by atoms with E-state index in [9.17, 15) is 5.26 Å². The Hall–Kier alpha value is -4.87. The van der Waals surface area contributed by atoms with Crippen LogP contribution in [0.1, 0.15) is 228 Å². The summed E-state index contributed by atoms with van der Waals surface area (Å²) in [5.41, 5.74) is 19.0. The molecule has 81 heavy (non-hydrogen) atoms. The quantitative estimate of drug-likeness (QED) is 0.140. The van der Waals surface area contributed by atoms with E-state index < -0.39 is 5.41 Å². The summed E-state index contributed by atoms with van der Waals surface area (Å²) in [5, 5.41) is 10.8. The molecule has 0 spiro atoms. The number of allylic oxidation sites excluding steroid dienone is 6. The Morgan fingerprint density at radius 3 is 1.75 bits per heavy atom. The van der Waals surface area contributed by atoms with Crippen molar-refractivity contribution in [3.63, 3.8) is 0 Å². The number of rotatable bonds is 6. The van der Waals surface area contributed by atoms with E-state index >= 15 is 0 Å². The predicted molar refractivity (Wildman–Crippen MR) is 327 cm³/mol. The Morgan fingerprint density at radius 1 is 0.691 bits per heavy atom. The molecule has 5 nitrogen and oxygen atoms in total. The maximum absolute atomic E-state index is 10.8. The van der Waals surface area contributed by atoms with Crippen LogP contribution in [0.25, 0.3) is 22.2 Å². The summed E-state index contributed by atoms with van der Waals surface area (Å²) in [5.74, 6) is 12.4. The molecule has 8 saturated carbocycles. The molecule has 0 N–H and O–H groups in total. The van der Waals surface area contributed by atoms with Crippen molar-refractivity contribution in [1.29, 1.82) is 5.26 Å². The summed E-state index contributed by atoms with van der Waals surface area (Å²) in [4.78, 5) is 12.1. The second-order valence-corrected chi connectivity index (χ2v) is 34.4. The van der Waals surface area contributed by atoms with Gasteiger partial charge in [0.2, 0.25) is 0 Å². The summed E-state index contributed by atoms with van der Waals surface area (Å²) in [6, 6.07) is 14.4. The van der Waals surface area contributed by atoms with Crippen molar-refractivity contribution >= 4 is 11.8 Å². The van der Waals surface area contributed by atoms with Crippen molar-refractivity contribution in [2.45, 2.75) is 190 Å². The lowest BCUT2D eigenvalue weighted by Gasteiger charge is -2.67. The minimum absolute atomic E-state index is 0.138. The zero-order valence-electron chi connectivity index (χ0n) is 52.1. The number of fused-ring (bicyclic) bond motifs is 28. The molecule has 12 bridgehead atoms. The number of anilines is 1. The van der Waals surface area contributed by atoms with E-state index in [2.05, 4.69) is 181 Å². The molecule has 13 aliphatic carbocycles. The average Bonchev–Trinajstić information content (AvgIpc) is 1.92. The van der Waals surface area contributed by atoms with Gasteiger partial charge in [-0.05, 0) is 271 Å². The van der Waals surface area contributed by atoms with Crippen LogP contribution in [0, 0.1) is 121 Å². The smallest absolute Gasteiger partial charge is 0.269 e. The largest absolute Gasteiger partial charge is 0.461 e.